The molecule has 1 unspecified atom stereocenters. The van der Waals surface area contributed by atoms with Crippen LogP contribution in [0.3, 0.4) is 0 Å². The van der Waals surface area contributed by atoms with Gasteiger partial charge in [-0.3, -0.25) is 9.89 Å². The molecule has 0 aliphatic carbocycles. The van der Waals surface area contributed by atoms with E-state index in [-0.39, 0.29) is 6.10 Å². The summed E-state index contributed by atoms with van der Waals surface area (Å²) in [5.74, 6) is 0.949. The van der Waals surface area contributed by atoms with Crippen molar-refractivity contribution in [1.29, 1.82) is 0 Å². The van der Waals surface area contributed by atoms with Gasteiger partial charge in [0.15, 0.2) is 5.96 Å². The summed E-state index contributed by atoms with van der Waals surface area (Å²) in [5.41, 5.74) is 0. The van der Waals surface area contributed by atoms with Crippen LogP contribution in [0.2, 0.25) is 0 Å². The van der Waals surface area contributed by atoms with Gasteiger partial charge in [0.25, 0.3) is 0 Å². The molecular formula is C17H28N4OS. The van der Waals surface area contributed by atoms with Crippen molar-refractivity contribution in [2.45, 2.75) is 38.3 Å². The highest BCUT2D eigenvalue weighted by Crippen LogP contribution is 2.28. The lowest BCUT2D eigenvalue weighted by molar-refractivity contribution is 0.187. The van der Waals surface area contributed by atoms with Gasteiger partial charge in [0, 0.05) is 24.5 Å². The first-order valence-corrected chi connectivity index (χ1v) is 9.64. The number of aliphatic imine (C=N–C) groups is 1. The largest absolute Gasteiger partial charge is 0.391 e. The molecule has 3 heterocycles. The van der Waals surface area contributed by atoms with E-state index in [1.54, 1.807) is 0 Å². The van der Waals surface area contributed by atoms with E-state index in [1.807, 2.05) is 11.3 Å². The Bertz CT molecular complexity index is 499. The van der Waals surface area contributed by atoms with E-state index in [2.05, 4.69) is 39.6 Å². The smallest absolute Gasteiger partial charge is 0.194 e. The Kier molecular flexibility index (Phi) is 5.91. The number of hydrogen-bond acceptors (Lipinski definition) is 4. The molecule has 2 atom stereocenters. The van der Waals surface area contributed by atoms with Crippen LogP contribution < -0.4 is 5.32 Å². The van der Waals surface area contributed by atoms with Crippen molar-refractivity contribution < 1.29 is 5.11 Å². The molecule has 1 aromatic rings. The second kappa shape index (κ2) is 8.13. The normalized spacial score (nSPS) is 24.3. The van der Waals surface area contributed by atoms with Gasteiger partial charge < -0.3 is 15.3 Å². The first-order valence-electron chi connectivity index (χ1n) is 8.76. The Balaban J connectivity index is 1.71. The fraction of sp³-hybridized carbons (Fsp3) is 0.706. The molecule has 1 aromatic heterocycles. The monoisotopic (exact) mass is 336 g/mol. The summed E-state index contributed by atoms with van der Waals surface area (Å²) in [4.78, 5) is 11.1. The standard InChI is InChI=1S/C17H28N4OS/c1-2-18-17(21-10-7-14(22)13-21)19-12-15(16-6-5-11-23-16)20-8-3-4-9-20/h5-6,11,14-15,22H,2-4,7-10,12-13H2,1H3,(H,18,19)/t14-,15?/m1/s1. The van der Waals surface area contributed by atoms with Crippen molar-refractivity contribution in [2.75, 3.05) is 39.3 Å². The van der Waals surface area contributed by atoms with Crippen LogP contribution in [0.5, 0.6) is 0 Å². The highest BCUT2D eigenvalue weighted by molar-refractivity contribution is 7.10. The molecule has 0 amide bonds. The van der Waals surface area contributed by atoms with Crippen LogP contribution in [-0.4, -0.2) is 66.2 Å². The van der Waals surface area contributed by atoms with E-state index >= 15 is 0 Å². The first kappa shape index (κ1) is 16.7. The molecule has 2 fully saturated rings. The molecule has 2 aliphatic rings. The maximum atomic E-state index is 9.79. The maximum absolute atomic E-state index is 9.79. The minimum absolute atomic E-state index is 0.217. The highest BCUT2D eigenvalue weighted by Gasteiger charge is 2.26. The van der Waals surface area contributed by atoms with Crippen LogP contribution >= 0.6 is 11.3 Å². The molecule has 2 aliphatic heterocycles. The number of rotatable bonds is 5. The number of aliphatic hydroxyl groups excluding tert-OH is 1. The third-order valence-corrected chi connectivity index (χ3v) is 5.64. The number of nitrogens with one attached hydrogen (secondary N) is 1. The molecule has 6 heteroatoms. The van der Waals surface area contributed by atoms with Gasteiger partial charge in [0.2, 0.25) is 0 Å². The van der Waals surface area contributed by atoms with Crippen LogP contribution in [0.25, 0.3) is 0 Å². The third kappa shape index (κ3) is 4.25. The average Bonchev–Trinajstić information content (AvgIpc) is 3.29. The number of likely N-dealkylation sites (tertiary alicyclic amines) is 2. The van der Waals surface area contributed by atoms with Crippen LogP contribution in [0.1, 0.15) is 37.1 Å². The van der Waals surface area contributed by atoms with Gasteiger partial charge in [0.05, 0.1) is 18.7 Å². The van der Waals surface area contributed by atoms with Gasteiger partial charge in [-0.1, -0.05) is 6.07 Å². The molecule has 0 aromatic carbocycles. The van der Waals surface area contributed by atoms with Crippen molar-refractivity contribution in [3.8, 4) is 0 Å². The summed E-state index contributed by atoms with van der Waals surface area (Å²) in [7, 11) is 0. The fourth-order valence-electron chi connectivity index (χ4n) is 3.45. The quantitative estimate of drug-likeness (QED) is 0.637. The van der Waals surface area contributed by atoms with Gasteiger partial charge in [-0.2, -0.15) is 0 Å². The van der Waals surface area contributed by atoms with Gasteiger partial charge in [-0.25, -0.2) is 0 Å². The maximum Gasteiger partial charge on any atom is 0.194 e. The Morgan fingerprint density at radius 2 is 2.26 bits per heavy atom. The number of guanidine groups is 1. The summed E-state index contributed by atoms with van der Waals surface area (Å²) in [6.07, 6.45) is 3.21. The Morgan fingerprint density at radius 3 is 2.87 bits per heavy atom. The van der Waals surface area contributed by atoms with E-state index in [0.717, 1.165) is 32.0 Å². The molecule has 0 spiro atoms. The summed E-state index contributed by atoms with van der Waals surface area (Å²) in [5, 5.41) is 15.3. The number of nitrogens with zero attached hydrogens (tertiary/aromatic N) is 3. The molecular weight excluding hydrogens is 308 g/mol. The second-order valence-corrected chi connectivity index (χ2v) is 7.34. The van der Waals surface area contributed by atoms with Gasteiger partial charge in [0.1, 0.15) is 0 Å². The first-order chi connectivity index (χ1) is 11.3. The zero-order chi connectivity index (χ0) is 16.1. The minimum atomic E-state index is -0.217. The lowest BCUT2D eigenvalue weighted by atomic mass is 10.2. The summed E-state index contributed by atoms with van der Waals surface area (Å²) in [6, 6.07) is 4.75. The molecule has 0 radical (unpaired) electrons. The second-order valence-electron chi connectivity index (χ2n) is 6.36. The van der Waals surface area contributed by atoms with Crippen LogP contribution in [0, 0.1) is 0 Å². The molecule has 3 rings (SSSR count). The van der Waals surface area contributed by atoms with Crippen molar-refractivity contribution in [3.05, 3.63) is 22.4 Å². The van der Waals surface area contributed by atoms with Crippen LogP contribution in [0.15, 0.2) is 22.5 Å². The molecule has 2 saturated heterocycles. The number of thiophene rings is 1. The van der Waals surface area contributed by atoms with Gasteiger partial charge >= 0.3 is 0 Å². The summed E-state index contributed by atoms with van der Waals surface area (Å²) in [6.45, 7) is 7.68. The van der Waals surface area contributed by atoms with Crippen LogP contribution in [-0.2, 0) is 0 Å². The Hall–Kier alpha value is -1.11. The Labute approximate surface area is 143 Å². The third-order valence-electron chi connectivity index (χ3n) is 4.66. The van der Waals surface area contributed by atoms with Crippen LogP contribution in [0.4, 0.5) is 0 Å². The summed E-state index contributed by atoms with van der Waals surface area (Å²) >= 11 is 1.83. The zero-order valence-electron chi connectivity index (χ0n) is 13.9. The molecule has 5 nitrogen and oxygen atoms in total. The van der Waals surface area contributed by atoms with Crippen molar-refractivity contribution in [1.82, 2.24) is 15.1 Å². The average molecular weight is 337 g/mol. The lowest BCUT2D eigenvalue weighted by Crippen LogP contribution is -2.41. The predicted octanol–water partition coefficient (Wildman–Crippen LogP) is 1.92. The van der Waals surface area contributed by atoms with E-state index in [4.69, 9.17) is 4.99 Å². The molecule has 0 bridgehead atoms. The molecule has 0 saturated carbocycles. The van der Waals surface area contributed by atoms with E-state index in [9.17, 15) is 5.11 Å². The Morgan fingerprint density at radius 1 is 1.43 bits per heavy atom. The number of hydrogen-bond donors (Lipinski definition) is 2. The highest BCUT2D eigenvalue weighted by atomic mass is 32.1. The van der Waals surface area contributed by atoms with Gasteiger partial charge in [-0.05, 0) is 50.7 Å². The topological polar surface area (TPSA) is 51.1 Å². The molecule has 23 heavy (non-hydrogen) atoms. The lowest BCUT2D eigenvalue weighted by Gasteiger charge is -2.27. The van der Waals surface area contributed by atoms with E-state index < -0.39 is 0 Å². The fourth-order valence-corrected chi connectivity index (χ4v) is 4.30. The summed E-state index contributed by atoms with van der Waals surface area (Å²) < 4.78 is 0. The number of aliphatic hydroxyl groups is 1. The van der Waals surface area contributed by atoms with Crippen molar-refractivity contribution in [2.24, 2.45) is 4.99 Å². The van der Waals surface area contributed by atoms with Gasteiger partial charge in [-0.15, -0.1) is 11.3 Å². The number of β-amino-alcohol motifs (C(OH)–C–C–N with tert-alkyl or cyclic N) is 1. The minimum Gasteiger partial charge on any atom is -0.391 e. The zero-order valence-corrected chi connectivity index (χ0v) is 14.8. The molecule has 128 valence electrons. The van der Waals surface area contributed by atoms with Crippen molar-refractivity contribution >= 4 is 17.3 Å². The predicted molar refractivity (Wildman–Crippen MR) is 96.0 cm³/mol. The SMILES string of the molecule is CCNC(=NCC(c1cccs1)N1CCCC1)N1CC[C@@H](O)C1. The van der Waals surface area contributed by atoms with E-state index in [0.29, 0.717) is 12.6 Å². The van der Waals surface area contributed by atoms with Crippen molar-refractivity contribution in [3.63, 3.8) is 0 Å². The molecule has 2 N–H and O–H groups in total. The van der Waals surface area contributed by atoms with E-state index in [1.165, 1.54) is 30.8 Å².